The van der Waals surface area contributed by atoms with Crippen LogP contribution in [0.3, 0.4) is 0 Å². The van der Waals surface area contributed by atoms with Gasteiger partial charge < -0.3 is 4.74 Å². The molecule has 1 aromatic rings. The molecule has 62 valence electrons. The van der Waals surface area contributed by atoms with Crippen LogP contribution in [-0.2, 0) is 9.53 Å². The molecule has 0 saturated carbocycles. The second kappa shape index (κ2) is 3.75. The topological polar surface area (TPSA) is 68.6 Å². The predicted molar refractivity (Wildman–Crippen MR) is 41.2 cm³/mol. The molecule has 0 unspecified atom stereocenters. The van der Waals surface area contributed by atoms with Crippen LogP contribution in [0.1, 0.15) is 10.5 Å². The summed E-state index contributed by atoms with van der Waals surface area (Å²) in [6.07, 6.45) is 1.33. The van der Waals surface area contributed by atoms with E-state index in [2.05, 4.69) is 14.7 Å². The van der Waals surface area contributed by atoms with Gasteiger partial charge in [-0.15, -0.1) is 16.3 Å². The first-order valence-electron chi connectivity index (χ1n) is 2.89. The molecule has 6 heteroatoms. The molecule has 1 aromatic heterocycles. The van der Waals surface area contributed by atoms with E-state index in [1.807, 2.05) is 0 Å². The van der Waals surface area contributed by atoms with E-state index >= 15 is 0 Å². The number of thiazole rings is 1. The Morgan fingerprint density at radius 2 is 2.58 bits per heavy atom. The Labute approximate surface area is 71.7 Å². The largest absolute Gasteiger partial charge is 0.464 e. The minimum absolute atomic E-state index is 0.150. The molecular formula is C6H4N2O3S. The molecule has 0 fully saturated rings. The van der Waals surface area contributed by atoms with Crippen LogP contribution >= 0.6 is 11.3 Å². The molecule has 0 aromatic carbocycles. The molecular weight excluding hydrogens is 180 g/mol. The van der Waals surface area contributed by atoms with Crippen molar-refractivity contribution >= 4 is 28.5 Å². The first-order valence-corrected chi connectivity index (χ1v) is 3.77. The summed E-state index contributed by atoms with van der Waals surface area (Å²) < 4.78 is 4.39. The van der Waals surface area contributed by atoms with E-state index < -0.39 is 5.97 Å². The summed E-state index contributed by atoms with van der Waals surface area (Å²) in [7, 11) is 1.25. The van der Waals surface area contributed by atoms with Gasteiger partial charge in [-0.2, -0.15) is 0 Å². The van der Waals surface area contributed by atoms with Crippen LogP contribution < -0.4 is 0 Å². The zero-order valence-corrected chi connectivity index (χ0v) is 6.92. The first-order chi connectivity index (χ1) is 5.77. The van der Waals surface area contributed by atoms with Crippen molar-refractivity contribution in [3.05, 3.63) is 11.1 Å². The van der Waals surface area contributed by atoms with Crippen molar-refractivity contribution in [2.45, 2.75) is 0 Å². The Balaban J connectivity index is 2.91. The van der Waals surface area contributed by atoms with Crippen molar-refractivity contribution in [1.29, 1.82) is 0 Å². The number of aliphatic imine (C=N–C) groups is 1. The lowest BCUT2D eigenvalue weighted by Crippen LogP contribution is -2.00. The molecule has 0 radical (unpaired) electrons. The fraction of sp³-hybridized carbons (Fsp3) is 0.167. The standard InChI is InChI=1S/C6H4N2O3S/c1-11-5(10)4-2-12-6(8-4)7-3-9/h2H,1H3. The number of carbonyl (C=O) groups excluding carboxylic acids is 2. The summed E-state index contributed by atoms with van der Waals surface area (Å²) in [4.78, 5) is 27.5. The number of methoxy groups -OCH3 is 1. The third-order valence-electron chi connectivity index (χ3n) is 1.03. The smallest absolute Gasteiger partial charge is 0.357 e. The second-order valence-electron chi connectivity index (χ2n) is 1.71. The number of hydrogen-bond acceptors (Lipinski definition) is 6. The highest BCUT2D eigenvalue weighted by molar-refractivity contribution is 7.13. The van der Waals surface area contributed by atoms with E-state index in [1.54, 1.807) is 0 Å². The van der Waals surface area contributed by atoms with E-state index in [0.29, 0.717) is 0 Å². The number of nitrogens with zero attached hydrogens (tertiary/aromatic N) is 2. The highest BCUT2D eigenvalue weighted by atomic mass is 32.1. The summed E-state index contributed by atoms with van der Waals surface area (Å²) in [6.45, 7) is 0. The van der Waals surface area contributed by atoms with Gasteiger partial charge in [0.15, 0.2) is 5.69 Å². The molecule has 0 N–H and O–H groups in total. The molecule has 0 bridgehead atoms. The van der Waals surface area contributed by atoms with Crippen molar-refractivity contribution < 1.29 is 14.3 Å². The van der Waals surface area contributed by atoms with Crippen molar-refractivity contribution in [2.75, 3.05) is 7.11 Å². The van der Waals surface area contributed by atoms with Crippen LogP contribution in [-0.4, -0.2) is 24.1 Å². The number of carbonyl (C=O) groups is 1. The molecule has 0 aliphatic rings. The fourth-order valence-electron chi connectivity index (χ4n) is 0.553. The van der Waals surface area contributed by atoms with Gasteiger partial charge >= 0.3 is 5.97 Å². The number of aromatic nitrogens is 1. The van der Waals surface area contributed by atoms with Gasteiger partial charge in [-0.1, -0.05) is 0 Å². The van der Waals surface area contributed by atoms with Gasteiger partial charge in [0.2, 0.25) is 11.2 Å². The Kier molecular flexibility index (Phi) is 2.68. The normalized spacial score (nSPS) is 8.75. The summed E-state index contributed by atoms with van der Waals surface area (Å²) in [5.41, 5.74) is 0.150. The summed E-state index contributed by atoms with van der Waals surface area (Å²) in [5, 5.41) is 1.66. The zero-order valence-electron chi connectivity index (χ0n) is 6.10. The Morgan fingerprint density at radius 3 is 3.17 bits per heavy atom. The van der Waals surface area contributed by atoms with Gasteiger partial charge in [-0.05, 0) is 0 Å². The molecule has 1 heterocycles. The van der Waals surface area contributed by atoms with Crippen LogP contribution in [0, 0.1) is 0 Å². The van der Waals surface area contributed by atoms with Crippen LogP contribution in [0.25, 0.3) is 0 Å². The van der Waals surface area contributed by atoms with E-state index in [-0.39, 0.29) is 10.8 Å². The van der Waals surface area contributed by atoms with E-state index in [9.17, 15) is 9.59 Å². The molecule has 5 nitrogen and oxygen atoms in total. The number of esters is 1. The highest BCUT2D eigenvalue weighted by Crippen LogP contribution is 2.17. The van der Waals surface area contributed by atoms with Crippen molar-refractivity contribution in [3.8, 4) is 0 Å². The third-order valence-corrected chi connectivity index (χ3v) is 1.76. The predicted octanol–water partition coefficient (Wildman–Crippen LogP) is 0.897. The Bertz CT molecular complexity index is 340. The van der Waals surface area contributed by atoms with Crippen LogP contribution in [0.5, 0.6) is 0 Å². The van der Waals surface area contributed by atoms with Crippen molar-refractivity contribution in [3.63, 3.8) is 0 Å². The number of rotatable bonds is 2. The minimum Gasteiger partial charge on any atom is -0.464 e. The molecule has 0 atom stereocenters. The van der Waals surface area contributed by atoms with Crippen LogP contribution in [0.2, 0.25) is 0 Å². The van der Waals surface area contributed by atoms with E-state index in [0.717, 1.165) is 11.3 Å². The highest BCUT2D eigenvalue weighted by Gasteiger charge is 2.09. The lowest BCUT2D eigenvalue weighted by atomic mass is 10.5. The molecule has 0 spiro atoms. The first kappa shape index (κ1) is 8.58. The van der Waals surface area contributed by atoms with Gasteiger partial charge in [0.1, 0.15) is 0 Å². The lowest BCUT2D eigenvalue weighted by molar-refractivity contribution is 0.0595. The fourth-order valence-corrected chi connectivity index (χ4v) is 1.16. The molecule has 12 heavy (non-hydrogen) atoms. The minimum atomic E-state index is -0.543. The number of hydrogen-bond donors (Lipinski definition) is 0. The van der Waals surface area contributed by atoms with Gasteiger partial charge in [0, 0.05) is 5.38 Å². The summed E-state index contributed by atoms with van der Waals surface area (Å²) in [6, 6.07) is 0. The van der Waals surface area contributed by atoms with Gasteiger partial charge in [-0.3, -0.25) is 0 Å². The van der Waals surface area contributed by atoms with Gasteiger partial charge in [-0.25, -0.2) is 14.6 Å². The summed E-state index contributed by atoms with van der Waals surface area (Å²) in [5.74, 6) is -0.543. The SMILES string of the molecule is COC(=O)c1csc(N=C=O)n1. The lowest BCUT2D eigenvalue weighted by Gasteiger charge is -1.89. The monoisotopic (exact) mass is 184 g/mol. The zero-order chi connectivity index (χ0) is 8.97. The van der Waals surface area contributed by atoms with Gasteiger partial charge in [0.05, 0.1) is 7.11 Å². The molecule has 1 rings (SSSR count). The molecule has 0 aliphatic carbocycles. The van der Waals surface area contributed by atoms with E-state index in [4.69, 9.17) is 0 Å². The van der Waals surface area contributed by atoms with E-state index in [1.165, 1.54) is 18.6 Å². The Hall–Kier alpha value is -1.52. The van der Waals surface area contributed by atoms with Crippen molar-refractivity contribution in [2.24, 2.45) is 4.99 Å². The average Bonchev–Trinajstić information content (AvgIpc) is 2.52. The molecule has 0 saturated heterocycles. The summed E-state index contributed by atoms with van der Waals surface area (Å²) >= 11 is 1.08. The molecule has 0 aliphatic heterocycles. The maximum atomic E-state index is 10.8. The third kappa shape index (κ3) is 1.75. The average molecular weight is 184 g/mol. The Morgan fingerprint density at radius 1 is 1.83 bits per heavy atom. The molecule has 0 amide bonds. The second-order valence-corrected chi connectivity index (χ2v) is 2.55. The maximum absolute atomic E-state index is 10.8. The quantitative estimate of drug-likeness (QED) is 0.389. The van der Waals surface area contributed by atoms with Crippen LogP contribution in [0.4, 0.5) is 5.13 Å². The number of isocyanates is 1. The maximum Gasteiger partial charge on any atom is 0.357 e. The van der Waals surface area contributed by atoms with Crippen molar-refractivity contribution in [1.82, 2.24) is 4.98 Å². The van der Waals surface area contributed by atoms with Crippen LogP contribution in [0.15, 0.2) is 10.4 Å². The number of ether oxygens (including phenoxy) is 1. The van der Waals surface area contributed by atoms with Gasteiger partial charge in [0.25, 0.3) is 0 Å².